The molecule has 0 aliphatic carbocycles. The Morgan fingerprint density at radius 1 is 1.91 bits per heavy atom. The molecule has 0 aromatic heterocycles. The first-order valence-corrected chi connectivity index (χ1v) is 3.78. The Balaban J connectivity index is 2.46. The summed E-state index contributed by atoms with van der Waals surface area (Å²) in [6.45, 7) is 4.42. The molecule has 0 radical (unpaired) electrons. The molecule has 11 heavy (non-hydrogen) atoms. The van der Waals surface area contributed by atoms with Crippen molar-refractivity contribution >= 4 is 0 Å². The van der Waals surface area contributed by atoms with Gasteiger partial charge in [0.15, 0.2) is 0 Å². The Bertz CT molecular complexity index is 165. The lowest BCUT2D eigenvalue weighted by molar-refractivity contribution is 0.215. The standard InChI is InChI=1S/C8H14N2O/c1-2-4-7(10-9)8-5-3-6-11-8/h2,5,7,10H,1,3-4,6,9H2. The fourth-order valence-corrected chi connectivity index (χ4v) is 1.11. The van der Waals surface area contributed by atoms with Crippen molar-refractivity contribution in [1.29, 1.82) is 0 Å². The second kappa shape index (κ2) is 4.16. The summed E-state index contributed by atoms with van der Waals surface area (Å²) in [6, 6.07) is 0.106. The third kappa shape index (κ3) is 2.06. The van der Waals surface area contributed by atoms with Crippen molar-refractivity contribution in [3.8, 4) is 0 Å². The second-order valence-corrected chi connectivity index (χ2v) is 2.49. The van der Waals surface area contributed by atoms with Crippen LogP contribution in [0.5, 0.6) is 0 Å². The first kappa shape index (κ1) is 8.30. The van der Waals surface area contributed by atoms with Crippen molar-refractivity contribution in [2.75, 3.05) is 6.61 Å². The lowest BCUT2D eigenvalue weighted by Crippen LogP contribution is -2.36. The number of nitrogens with one attached hydrogen (secondary N) is 1. The maximum absolute atomic E-state index is 5.33. The van der Waals surface area contributed by atoms with Crippen molar-refractivity contribution in [2.45, 2.75) is 18.9 Å². The second-order valence-electron chi connectivity index (χ2n) is 2.49. The van der Waals surface area contributed by atoms with Gasteiger partial charge in [0.2, 0.25) is 0 Å². The molecule has 3 N–H and O–H groups in total. The average molecular weight is 154 g/mol. The summed E-state index contributed by atoms with van der Waals surface area (Å²) in [5, 5.41) is 0. The van der Waals surface area contributed by atoms with Crippen molar-refractivity contribution < 1.29 is 4.74 Å². The van der Waals surface area contributed by atoms with Crippen molar-refractivity contribution in [3.05, 3.63) is 24.5 Å². The largest absolute Gasteiger partial charge is 0.496 e. The highest BCUT2D eigenvalue weighted by atomic mass is 16.5. The van der Waals surface area contributed by atoms with E-state index in [4.69, 9.17) is 10.6 Å². The van der Waals surface area contributed by atoms with E-state index in [-0.39, 0.29) is 6.04 Å². The Hall–Kier alpha value is -0.800. The minimum absolute atomic E-state index is 0.106. The molecule has 1 heterocycles. The number of rotatable bonds is 4. The van der Waals surface area contributed by atoms with Gasteiger partial charge in [0, 0.05) is 6.42 Å². The smallest absolute Gasteiger partial charge is 0.111 e. The lowest BCUT2D eigenvalue weighted by atomic mass is 10.2. The Morgan fingerprint density at radius 3 is 3.18 bits per heavy atom. The van der Waals surface area contributed by atoms with Crippen LogP contribution in [0.15, 0.2) is 24.5 Å². The summed E-state index contributed by atoms with van der Waals surface area (Å²) in [5.74, 6) is 6.27. The molecule has 1 atom stereocenters. The number of ether oxygens (including phenoxy) is 1. The van der Waals surface area contributed by atoms with Crippen LogP contribution < -0.4 is 11.3 Å². The fourth-order valence-electron chi connectivity index (χ4n) is 1.11. The van der Waals surface area contributed by atoms with Crippen molar-refractivity contribution in [2.24, 2.45) is 5.84 Å². The quantitative estimate of drug-likeness (QED) is 0.356. The van der Waals surface area contributed by atoms with Crippen molar-refractivity contribution in [1.82, 2.24) is 5.43 Å². The maximum Gasteiger partial charge on any atom is 0.111 e. The highest BCUT2D eigenvalue weighted by molar-refractivity contribution is 5.08. The third-order valence-electron chi connectivity index (χ3n) is 1.68. The van der Waals surface area contributed by atoms with E-state index in [9.17, 15) is 0 Å². The van der Waals surface area contributed by atoms with Crippen LogP contribution in [0.25, 0.3) is 0 Å². The zero-order valence-corrected chi connectivity index (χ0v) is 6.55. The molecule has 1 aliphatic heterocycles. The van der Waals surface area contributed by atoms with Crippen LogP contribution in [0.1, 0.15) is 12.8 Å². The highest BCUT2D eigenvalue weighted by Gasteiger charge is 2.15. The van der Waals surface area contributed by atoms with Crippen LogP contribution in [-0.2, 0) is 4.74 Å². The first-order chi connectivity index (χ1) is 5.38. The van der Waals surface area contributed by atoms with E-state index in [2.05, 4.69) is 18.1 Å². The number of hydrazine groups is 1. The topological polar surface area (TPSA) is 47.3 Å². The summed E-state index contributed by atoms with van der Waals surface area (Å²) in [7, 11) is 0. The highest BCUT2D eigenvalue weighted by Crippen LogP contribution is 2.15. The predicted octanol–water partition coefficient (Wildman–Crippen LogP) is 0.699. The minimum atomic E-state index is 0.106. The molecule has 62 valence electrons. The summed E-state index contributed by atoms with van der Waals surface area (Å²) in [5.41, 5.74) is 2.68. The number of nitrogens with two attached hydrogens (primary N) is 1. The molecule has 0 aromatic rings. The number of hydrogen-bond donors (Lipinski definition) is 2. The summed E-state index contributed by atoms with van der Waals surface area (Å²) >= 11 is 0. The van der Waals surface area contributed by atoms with Gasteiger partial charge < -0.3 is 4.74 Å². The molecule has 0 saturated carbocycles. The van der Waals surface area contributed by atoms with Gasteiger partial charge in [-0.25, -0.2) is 5.43 Å². The first-order valence-electron chi connectivity index (χ1n) is 3.78. The molecule has 0 fully saturated rings. The zero-order chi connectivity index (χ0) is 8.10. The van der Waals surface area contributed by atoms with Crippen LogP contribution in [0, 0.1) is 0 Å². The fraction of sp³-hybridized carbons (Fsp3) is 0.500. The van der Waals surface area contributed by atoms with Gasteiger partial charge >= 0.3 is 0 Å². The normalized spacial score (nSPS) is 18.8. The van der Waals surface area contributed by atoms with Gasteiger partial charge in [0.1, 0.15) is 5.76 Å². The zero-order valence-electron chi connectivity index (χ0n) is 6.55. The van der Waals surface area contributed by atoms with E-state index in [1.165, 1.54) is 0 Å². The van der Waals surface area contributed by atoms with Gasteiger partial charge in [-0.15, -0.1) is 6.58 Å². The Morgan fingerprint density at radius 2 is 2.73 bits per heavy atom. The molecule has 3 heteroatoms. The molecule has 1 aliphatic rings. The number of hydrogen-bond acceptors (Lipinski definition) is 3. The van der Waals surface area contributed by atoms with E-state index in [1.807, 2.05) is 6.08 Å². The third-order valence-corrected chi connectivity index (χ3v) is 1.68. The van der Waals surface area contributed by atoms with Crippen LogP contribution in [0.2, 0.25) is 0 Å². The van der Waals surface area contributed by atoms with Gasteiger partial charge in [-0.3, -0.25) is 5.84 Å². The molecular formula is C8H14N2O. The van der Waals surface area contributed by atoms with E-state index in [1.54, 1.807) is 0 Å². The molecule has 3 nitrogen and oxygen atoms in total. The van der Waals surface area contributed by atoms with Gasteiger partial charge in [0.25, 0.3) is 0 Å². The van der Waals surface area contributed by atoms with Crippen LogP contribution in [0.3, 0.4) is 0 Å². The SMILES string of the molecule is C=CCC(NN)C1=CCCO1. The monoisotopic (exact) mass is 154 g/mol. The Kier molecular flexibility index (Phi) is 3.14. The maximum atomic E-state index is 5.33. The van der Waals surface area contributed by atoms with Gasteiger partial charge in [0.05, 0.1) is 12.6 Å². The predicted molar refractivity (Wildman–Crippen MR) is 44.6 cm³/mol. The molecule has 0 spiro atoms. The molecular weight excluding hydrogens is 140 g/mol. The average Bonchev–Trinajstić information content (AvgIpc) is 2.52. The molecule has 0 saturated heterocycles. The van der Waals surface area contributed by atoms with E-state index in [0.29, 0.717) is 0 Å². The summed E-state index contributed by atoms with van der Waals surface area (Å²) < 4.78 is 5.33. The molecule has 1 rings (SSSR count). The van der Waals surface area contributed by atoms with Gasteiger partial charge in [-0.2, -0.15) is 0 Å². The minimum Gasteiger partial charge on any atom is -0.496 e. The molecule has 0 amide bonds. The van der Waals surface area contributed by atoms with Gasteiger partial charge in [-0.05, 0) is 12.5 Å². The van der Waals surface area contributed by atoms with E-state index in [0.717, 1.165) is 25.2 Å². The van der Waals surface area contributed by atoms with Crippen LogP contribution in [-0.4, -0.2) is 12.6 Å². The molecule has 0 bridgehead atoms. The van der Waals surface area contributed by atoms with Crippen molar-refractivity contribution in [3.63, 3.8) is 0 Å². The van der Waals surface area contributed by atoms with E-state index < -0.39 is 0 Å². The molecule has 1 unspecified atom stereocenters. The van der Waals surface area contributed by atoms with Gasteiger partial charge in [-0.1, -0.05) is 6.08 Å². The summed E-state index contributed by atoms with van der Waals surface area (Å²) in [6.07, 6.45) is 5.69. The van der Waals surface area contributed by atoms with Crippen LogP contribution in [0.4, 0.5) is 0 Å². The van der Waals surface area contributed by atoms with Crippen LogP contribution >= 0.6 is 0 Å². The molecule has 0 aromatic carbocycles. The lowest BCUT2D eigenvalue weighted by Gasteiger charge is -2.14. The Labute approximate surface area is 66.9 Å². The summed E-state index contributed by atoms with van der Waals surface area (Å²) in [4.78, 5) is 0. The van der Waals surface area contributed by atoms with E-state index >= 15 is 0 Å².